The molecule has 0 spiro atoms. The van der Waals surface area contributed by atoms with Gasteiger partial charge in [-0.2, -0.15) is 0 Å². The van der Waals surface area contributed by atoms with Crippen LogP contribution in [0.15, 0.2) is 53.4 Å². The van der Waals surface area contributed by atoms with Gasteiger partial charge in [0, 0.05) is 44.3 Å². The number of rotatable bonds is 5. The molecule has 1 aliphatic heterocycles. The van der Waals surface area contributed by atoms with Crippen molar-refractivity contribution < 1.29 is 18.6 Å². The first-order valence-electron chi connectivity index (χ1n) is 11.0. The fourth-order valence-corrected chi connectivity index (χ4v) is 6.94. The van der Waals surface area contributed by atoms with Crippen molar-refractivity contribution in [1.29, 1.82) is 0 Å². The second-order valence-corrected chi connectivity index (χ2v) is 11.5. The zero-order valence-electron chi connectivity index (χ0n) is 17.8. The van der Waals surface area contributed by atoms with Crippen LogP contribution < -0.4 is 4.72 Å². The van der Waals surface area contributed by atoms with E-state index >= 15 is 0 Å². The van der Waals surface area contributed by atoms with Crippen molar-refractivity contribution in [2.75, 3.05) is 26.7 Å². The van der Waals surface area contributed by atoms with Crippen molar-refractivity contribution >= 4 is 10.0 Å². The molecule has 166 valence electrons. The topological polar surface area (TPSA) is 89.9 Å². The van der Waals surface area contributed by atoms with Crippen LogP contribution in [-0.4, -0.2) is 55.8 Å². The lowest BCUT2D eigenvalue weighted by molar-refractivity contribution is -0.104. The molecule has 1 saturated carbocycles. The minimum Gasteiger partial charge on any atom is -0.388 e. The lowest BCUT2D eigenvalue weighted by Crippen LogP contribution is -2.55. The lowest BCUT2D eigenvalue weighted by Gasteiger charge is -2.46. The van der Waals surface area contributed by atoms with Crippen LogP contribution >= 0.6 is 0 Å². The molecule has 3 aliphatic rings. The molecule has 1 saturated heterocycles. The highest BCUT2D eigenvalue weighted by molar-refractivity contribution is 7.89. The van der Waals surface area contributed by atoms with E-state index in [1.165, 1.54) is 18.2 Å². The third-order valence-electron chi connectivity index (χ3n) is 7.62. The number of β-amino-alcohol motifs (C(OH)–C–C–N with tert-alkyl or cyclic N) is 1. The highest BCUT2D eigenvalue weighted by Gasteiger charge is 2.54. The van der Waals surface area contributed by atoms with Crippen LogP contribution in [0.2, 0.25) is 0 Å². The van der Waals surface area contributed by atoms with Crippen LogP contribution in [0, 0.1) is 11.8 Å². The Balaban J connectivity index is 1.35. The first kappa shape index (κ1) is 21.1. The molecular weight excluding hydrogens is 412 g/mol. The van der Waals surface area contributed by atoms with Gasteiger partial charge in [-0.3, -0.25) is 4.90 Å². The largest absolute Gasteiger partial charge is 0.388 e. The number of nitrogens with one attached hydrogen (secondary N) is 1. The maximum absolute atomic E-state index is 12.3. The van der Waals surface area contributed by atoms with Crippen molar-refractivity contribution in [1.82, 2.24) is 9.62 Å². The summed E-state index contributed by atoms with van der Waals surface area (Å²) in [7, 11) is -2.17. The summed E-state index contributed by atoms with van der Waals surface area (Å²) in [6.07, 6.45) is 3.14. The van der Waals surface area contributed by atoms with Gasteiger partial charge in [0.2, 0.25) is 10.0 Å². The Morgan fingerprint density at radius 1 is 1.00 bits per heavy atom. The smallest absolute Gasteiger partial charge is 0.240 e. The molecule has 0 amide bonds. The van der Waals surface area contributed by atoms with Crippen molar-refractivity contribution in [2.24, 2.45) is 11.8 Å². The normalized spacial score (nSPS) is 29.8. The van der Waals surface area contributed by atoms with Crippen LogP contribution in [0.1, 0.15) is 29.5 Å². The Morgan fingerprint density at radius 2 is 1.61 bits per heavy atom. The predicted octanol–water partition coefficient (Wildman–Crippen LogP) is 1.65. The van der Waals surface area contributed by atoms with E-state index in [2.05, 4.69) is 21.8 Å². The summed E-state index contributed by atoms with van der Waals surface area (Å²) in [6, 6.07) is 15.0. The maximum atomic E-state index is 12.3. The van der Waals surface area contributed by atoms with Crippen LogP contribution in [0.4, 0.5) is 0 Å². The number of fused-ring (bicyclic) bond motifs is 3. The number of nitrogens with zero attached hydrogens (tertiary/aromatic N) is 1. The van der Waals surface area contributed by atoms with Crippen molar-refractivity contribution in [3.63, 3.8) is 0 Å². The molecule has 0 radical (unpaired) electrons. The molecule has 0 aromatic heterocycles. The number of hydrogen-bond donors (Lipinski definition) is 3. The SMILES string of the molecule is CNS(=O)(=O)c1cccc(C2(O)C3CCC2CN(CC2(O)Cc4ccccc4C2)C3)c1. The number of aliphatic hydroxyl groups is 2. The zero-order chi connectivity index (χ0) is 21.9. The molecule has 2 fully saturated rings. The van der Waals surface area contributed by atoms with E-state index in [0.717, 1.165) is 12.8 Å². The Kier molecular flexibility index (Phi) is 5.03. The molecule has 2 aromatic carbocycles. The second kappa shape index (κ2) is 7.39. The van der Waals surface area contributed by atoms with E-state index < -0.39 is 21.2 Å². The Labute approximate surface area is 184 Å². The third-order valence-corrected chi connectivity index (χ3v) is 9.03. The zero-order valence-corrected chi connectivity index (χ0v) is 18.6. The molecule has 3 N–H and O–H groups in total. The molecule has 6 nitrogen and oxygen atoms in total. The van der Waals surface area contributed by atoms with E-state index in [0.29, 0.717) is 38.0 Å². The summed E-state index contributed by atoms with van der Waals surface area (Å²) in [5.74, 6) is 0.0392. The van der Waals surface area contributed by atoms with Gasteiger partial charge < -0.3 is 10.2 Å². The van der Waals surface area contributed by atoms with Crippen LogP contribution in [0.3, 0.4) is 0 Å². The summed E-state index contributed by atoms with van der Waals surface area (Å²) in [4.78, 5) is 2.48. The predicted molar refractivity (Wildman–Crippen MR) is 118 cm³/mol. The highest BCUT2D eigenvalue weighted by Crippen LogP contribution is 2.51. The van der Waals surface area contributed by atoms with Gasteiger partial charge in [0.25, 0.3) is 0 Å². The van der Waals surface area contributed by atoms with Gasteiger partial charge in [-0.1, -0.05) is 36.4 Å². The van der Waals surface area contributed by atoms with Gasteiger partial charge in [0.05, 0.1) is 16.1 Å². The molecule has 2 unspecified atom stereocenters. The number of likely N-dealkylation sites (tertiary alicyclic amines) is 1. The summed E-state index contributed by atoms with van der Waals surface area (Å²) in [5.41, 5.74) is 1.34. The molecule has 1 heterocycles. The molecule has 5 rings (SSSR count). The molecule has 7 heteroatoms. The van der Waals surface area contributed by atoms with Crippen molar-refractivity contribution in [3.8, 4) is 0 Å². The van der Waals surface area contributed by atoms with Gasteiger partial charge in [-0.05, 0) is 48.7 Å². The fraction of sp³-hybridized carbons (Fsp3) is 0.500. The second-order valence-electron chi connectivity index (χ2n) is 9.57. The van der Waals surface area contributed by atoms with Crippen molar-refractivity contribution in [3.05, 3.63) is 65.2 Å². The number of benzene rings is 2. The minimum absolute atomic E-state index is 0.0196. The van der Waals surface area contributed by atoms with Gasteiger partial charge >= 0.3 is 0 Å². The molecule has 31 heavy (non-hydrogen) atoms. The van der Waals surface area contributed by atoms with E-state index in [4.69, 9.17) is 0 Å². The van der Waals surface area contributed by atoms with Crippen molar-refractivity contribution in [2.45, 2.75) is 41.8 Å². The fourth-order valence-electron chi connectivity index (χ4n) is 6.17. The van der Waals surface area contributed by atoms with Gasteiger partial charge in [0.1, 0.15) is 0 Å². The lowest BCUT2D eigenvalue weighted by atomic mass is 9.75. The Hall–Kier alpha value is -1.77. The molecular formula is C24H30N2O4S. The summed E-state index contributed by atoms with van der Waals surface area (Å²) in [6.45, 7) is 2.00. The maximum Gasteiger partial charge on any atom is 0.240 e. The van der Waals surface area contributed by atoms with Gasteiger partial charge in [-0.15, -0.1) is 0 Å². The third kappa shape index (κ3) is 3.52. The van der Waals surface area contributed by atoms with E-state index in [1.807, 2.05) is 18.2 Å². The first-order valence-corrected chi connectivity index (χ1v) is 12.5. The molecule has 2 atom stereocenters. The average Bonchev–Trinajstić information content (AvgIpc) is 3.15. The Bertz CT molecular complexity index is 1060. The van der Waals surface area contributed by atoms with E-state index in [1.54, 1.807) is 18.2 Å². The first-order chi connectivity index (χ1) is 14.7. The molecule has 2 aromatic rings. The number of piperidine rings is 1. The minimum atomic E-state index is -3.57. The van der Waals surface area contributed by atoms with E-state index in [9.17, 15) is 18.6 Å². The summed E-state index contributed by atoms with van der Waals surface area (Å²) >= 11 is 0. The number of hydrogen-bond acceptors (Lipinski definition) is 5. The average molecular weight is 443 g/mol. The van der Waals surface area contributed by atoms with Gasteiger partial charge in [0.15, 0.2) is 0 Å². The monoisotopic (exact) mass is 442 g/mol. The standard InChI is InChI=1S/C24H30N2O4S/c1-25-31(29,30)22-8-4-7-19(11-22)24(28)20-9-10-21(24)15-26(14-20)16-23(27)12-17-5-2-3-6-18(17)13-23/h2-8,11,20-21,25,27-28H,9-10,12-16H2,1H3. The molecule has 2 bridgehead atoms. The van der Waals surface area contributed by atoms with Gasteiger partial charge in [-0.25, -0.2) is 13.1 Å². The summed E-state index contributed by atoms with van der Waals surface area (Å²) in [5, 5.41) is 23.1. The molecule has 2 aliphatic carbocycles. The van der Waals surface area contributed by atoms with E-state index in [-0.39, 0.29) is 16.7 Å². The quantitative estimate of drug-likeness (QED) is 0.655. The summed E-state index contributed by atoms with van der Waals surface area (Å²) < 4.78 is 26.9. The van der Waals surface area contributed by atoms with Crippen LogP contribution in [0.5, 0.6) is 0 Å². The van der Waals surface area contributed by atoms with Crippen LogP contribution in [-0.2, 0) is 28.5 Å². The van der Waals surface area contributed by atoms with Crippen LogP contribution in [0.25, 0.3) is 0 Å². The highest BCUT2D eigenvalue weighted by atomic mass is 32.2. The Morgan fingerprint density at radius 3 is 2.19 bits per heavy atom. The number of sulfonamides is 1.